The molecule has 0 saturated carbocycles. The van der Waals surface area contributed by atoms with E-state index in [9.17, 15) is 9.59 Å². The summed E-state index contributed by atoms with van der Waals surface area (Å²) in [6.45, 7) is 5.15. The molecule has 4 rings (SSSR count). The van der Waals surface area contributed by atoms with Crippen molar-refractivity contribution in [1.82, 2.24) is 10.2 Å². The van der Waals surface area contributed by atoms with Crippen molar-refractivity contribution in [1.29, 1.82) is 0 Å². The number of piperidine rings is 1. The smallest absolute Gasteiger partial charge is 0.255 e. The zero-order valence-electron chi connectivity index (χ0n) is 15.4. The Morgan fingerprint density at radius 2 is 1.81 bits per heavy atom. The van der Waals surface area contributed by atoms with Crippen molar-refractivity contribution in [3.63, 3.8) is 0 Å². The van der Waals surface area contributed by atoms with Gasteiger partial charge in [0.1, 0.15) is 5.66 Å². The van der Waals surface area contributed by atoms with Crippen LogP contribution in [0.5, 0.6) is 0 Å². The molecule has 5 nitrogen and oxygen atoms in total. The predicted molar refractivity (Wildman–Crippen MR) is 106 cm³/mol. The number of anilines is 1. The number of nitrogens with zero attached hydrogens (tertiary/aromatic N) is 1. The Hall–Kier alpha value is -2.53. The highest BCUT2D eigenvalue weighted by Crippen LogP contribution is 2.33. The molecule has 2 aliphatic heterocycles. The summed E-state index contributed by atoms with van der Waals surface area (Å²) < 4.78 is 0. The number of benzene rings is 2. The topological polar surface area (TPSA) is 61.4 Å². The Balaban J connectivity index is 1.50. The number of carbonyl (C=O) groups excluding carboxylic acids is 2. The van der Waals surface area contributed by atoms with Crippen molar-refractivity contribution < 1.29 is 9.59 Å². The molecule has 0 aliphatic carbocycles. The monoisotopic (exact) mass is 383 g/mol. The molecule has 0 bridgehead atoms. The predicted octanol–water partition coefficient (Wildman–Crippen LogP) is 3.74. The van der Waals surface area contributed by atoms with Crippen molar-refractivity contribution >= 4 is 29.1 Å². The average Bonchev–Trinajstić information content (AvgIpc) is 2.61. The molecule has 0 atom stereocenters. The normalized spacial score (nSPS) is 17.9. The summed E-state index contributed by atoms with van der Waals surface area (Å²) >= 11 is 6.09. The number of hydrogen-bond donors (Lipinski definition) is 2. The van der Waals surface area contributed by atoms with E-state index in [2.05, 4.69) is 10.6 Å². The number of fused-ring (bicyclic) bond motifs is 1. The van der Waals surface area contributed by atoms with E-state index in [1.54, 1.807) is 18.2 Å². The number of carbonyl (C=O) groups is 2. The Kier molecular flexibility index (Phi) is 4.35. The molecule has 1 fully saturated rings. The van der Waals surface area contributed by atoms with Crippen LogP contribution in [0.2, 0.25) is 5.02 Å². The van der Waals surface area contributed by atoms with E-state index in [1.165, 1.54) is 0 Å². The molecule has 2 aromatic rings. The van der Waals surface area contributed by atoms with Crippen LogP contribution in [-0.4, -0.2) is 35.5 Å². The summed E-state index contributed by atoms with van der Waals surface area (Å²) in [6, 6.07) is 11.1. The first kappa shape index (κ1) is 17.9. The third-order valence-corrected chi connectivity index (χ3v) is 5.70. The van der Waals surface area contributed by atoms with Crippen LogP contribution in [0.4, 0.5) is 5.69 Å². The van der Waals surface area contributed by atoms with E-state index in [-0.39, 0.29) is 11.8 Å². The Bertz CT molecular complexity index is 933. The van der Waals surface area contributed by atoms with Crippen LogP contribution in [0.25, 0.3) is 0 Å². The molecule has 140 valence electrons. The summed E-state index contributed by atoms with van der Waals surface area (Å²) in [4.78, 5) is 27.3. The van der Waals surface area contributed by atoms with Gasteiger partial charge in [-0.3, -0.25) is 9.59 Å². The number of rotatable bonds is 1. The lowest BCUT2D eigenvalue weighted by Crippen LogP contribution is -2.62. The molecule has 1 saturated heterocycles. The van der Waals surface area contributed by atoms with E-state index in [0.29, 0.717) is 36.5 Å². The van der Waals surface area contributed by atoms with Crippen molar-refractivity contribution in [3.8, 4) is 0 Å². The standard InChI is InChI=1S/C21H22ClN3O2/c1-13-3-5-16(14(2)11-13)20(27)25-9-7-21(8-10-25)23-18-12-15(22)4-6-17(18)19(26)24-21/h3-6,11-12,23H,7-10H2,1-2H3,(H,24,26). The van der Waals surface area contributed by atoms with E-state index in [0.717, 1.165) is 22.4 Å². The minimum atomic E-state index is -0.534. The maximum absolute atomic E-state index is 12.9. The van der Waals surface area contributed by atoms with Gasteiger partial charge in [0, 0.05) is 36.5 Å². The molecule has 0 radical (unpaired) electrons. The molecular weight excluding hydrogens is 362 g/mol. The fourth-order valence-electron chi connectivity index (χ4n) is 3.96. The van der Waals surface area contributed by atoms with Crippen LogP contribution < -0.4 is 10.6 Å². The Morgan fingerprint density at radius 3 is 2.52 bits per heavy atom. The second kappa shape index (κ2) is 6.57. The number of aryl methyl sites for hydroxylation is 2. The number of halogens is 1. The van der Waals surface area contributed by atoms with Crippen LogP contribution in [0.1, 0.15) is 44.7 Å². The van der Waals surface area contributed by atoms with E-state index < -0.39 is 5.66 Å². The van der Waals surface area contributed by atoms with E-state index in [1.807, 2.05) is 36.9 Å². The minimum absolute atomic E-state index is 0.0490. The highest BCUT2D eigenvalue weighted by atomic mass is 35.5. The van der Waals surface area contributed by atoms with Gasteiger partial charge in [-0.15, -0.1) is 0 Å². The van der Waals surface area contributed by atoms with Crippen LogP contribution in [0, 0.1) is 13.8 Å². The molecule has 2 amide bonds. The summed E-state index contributed by atoms with van der Waals surface area (Å²) in [7, 11) is 0. The first-order valence-corrected chi connectivity index (χ1v) is 9.51. The van der Waals surface area contributed by atoms with Gasteiger partial charge in [-0.1, -0.05) is 29.3 Å². The van der Waals surface area contributed by atoms with Gasteiger partial charge in [0.05, 0.1) is 11.3 Å². The Morgan fingerprint density at radius 1 is 1.07 bits per heavy atom. The van der Waals surface area contributed by atoms with Crippen LogP contribution >= 0.6 is 11.6 Å². The molecule has 6 heteroatoms. The van der Waals surface area contributed by atoms with Crippen molar-refractivity contribution in [2.75, 3.05) is 18.4 Å². The zero-order chi connectivity index (χ0) is 19.2. The highest BCUT2D eigenvalue weighted by molar-refractivity contribution is 6.31. The van der Waals surface area contributed by atoms with E-state index >= 15 is 0 Å². The number of hydrogen-bond acceptors (Lipinski definition) is 3. The van der Waals surface area contributed by atoms with Gasteiger partial charge < -0.3 is 15.5 Å². The minimum Gasteiger partial charge on any atom is -0.362 e. The highest BCUT2D eigenvalue weighted by Gasteiger charge is 2.41. The first-order valence-electron chi connectivity index (χ1n) is 9.14. The van der Waals surface area contributed by atoms with Crippen LogP contribution in [-0.2, 0) is 0 Å². The van der Waals surface area contributed by atoms with Crippen LogP contribution in [0.3, 0.4) is 0 Å². The van der Waals surface area contributed by atoms with Crippen LogP contribution in [0.15, 0.2) is 36.4 Å². The summed E-state index contributed by atoms with van der Waals surface area (Å²) in [6.07, 6.45) is 1.28. The molecule has 2 heterocycles. The van der Waals surface area contributed by atoms with Crippen molar-refractivity contribution in [2.24, 2.45) is 0 Å². The van der Waals surface area contributed by atoms with Crippen molar-refractivity contribution in [3.05, 3.63) is 63.7 Å². The summed E-state index contributed by atoms with van der Waals surface area (Å²) in [5.74, 6) is -0.0532. The molecule has 2 N–H and O–H groups in total. The quantitative estimate of drug-likeness (QED) is 0.788. The molecule has 0 unspecified atom stereocenters. The number of likely N-dealkylation sites (tertiary alicyclic amines) is 1. The second-order valence-corrected chi connectivity index (χ2v) is 7.90. The molecule has 2 aliphatic rings. The van der Waals surface area contributed by atoms with Crippen molar-refractivity contribution in [2.45, 2.75) is 32.4 Å². The number of amides is 2. The van der Waals surface area contributed by atoms with Gasteiger partial charge in [0.15, 0.2) is 0 Å². The largest absolute Gasteiger partial charge is 0.362 e. The van der Waals surface area contributed by atoms with Gasteiger partial charge >= 0.3 is 0 Å². The van der Waals surface area contributed by atoms with Gasteiger partial charge in [-0.25, -0.2) is 0 Å². The summed E-state index contributed by atoms with van der Waals surface area (Å²) in [5.41, 5.74) is 3.70. The fourth-order valence-corrected chi connectivity index (χ4v) is 4.13. The van der Waals surface area contributed by atoms with Gasteiger partial charge in [0.25, 0.3) is 11.8 Å². The maximum atomic E-state index is 12.9. The molecule has 0 aromatic heterocycles. The summed E-state index contributed by atoms with van der Waals surface area (Å²) in [5, 5.41) is 7.13. The third-order valence-electron chi connectivity index (χ3n) is 5.47. The maximum Gasteiger partial charge on any atom is 0.255 e. The molecule has 1 spiro atoms. The molecular formula is C21H22ClN3O2. The Labute approximate surface area is 163 Å². The number of nitrogens with one attached hydrogen (secondary N) is 2. The first-order chi connectivity index (χ1) is 12.9. The average molecular weight is 384 g/mol. The fraction of sp³-hybridized carbons (Fsp3) is 0.333. The van der Waals surface area contributed by atoms with Gasteiger partial charge in [0.2, 0.25) is 0 Å². The molecule has 2 aromatic carbocycles. The lowest BCUT2D eigenvalue weighted by atomic mass is 9.91. The third kappa shape index (κ3) is 3.28. The van der Waals surface area contributed by atoms with E-state index in [4.69, 9.17) is 11.6 Å². The second-order valence-electron chi connectivity index (χ2n) is 7.46. The lowest BCUT2D eigenvalue weighted by molar-refractivity contribution is 0.0639. The van der Waals surface area contributed by atoms with Gasteiger partial charge in [-0.05, 0) is 43.7 Å². The lowest BCUT2D eigenvalue weighted by Gasteiger charge is -2.46. The molecule has 27 heavy (non-hydrogen) atoms. The SMILES string of the molecule is Cc1ccc(C(=O)N2CCC3(CC2)NC(=O)c2ccc(Cl)cc2N3)c(C)c1. The zero-order valence-corrected chi connectivity index (χ0v) is 16.2. The van der Waals surface area contributed by atoms with Gasteiger partial charge in [-0.2, -0.15) is 0 Å².